The Balaban J connectivity index is 2.47. The summed E-state index contributed by atoms with van der Waals surface area (Å²) >= 11 is 0. The molecular formula is C17H31N3O. The van der Waals surface area contributed by atoms with Crippen LogP contribution >= 0.6 is 0 Å². The van der Waals surface area contributed by atoms with Crippen molar-refractivity contribution in [1.29, 1.82) is 0 Å². The van der Waals surface area contributed by atoms with E-state index >= 15 is 0 Å². The van der Waals surface area contributed by atoms with Gasteiger partial charge in [-0.25, -0.2) is 9.97 Å². The second kappa shape index (κ2) is 9.85. The van der Waals surface area contributed by atoms with Gasteiger partial charge in [0, 0.05) is 24.4 Å². The first-order valence-electron chi connectivity index (χ1n) is 8.16. The van der Waals surface area contributed by atoms with Gasteiger partial charge in [0.1, 0.15) is 5.82 Å². The molecule has 0 aliphatic carbocycles. The second-order valence-corrected chi connectivity index (χ2v) is 5.94. The van der Waals surface area contributed by atoms with Gasteiger partial charge < -0.3 is 10.1 Å². The van der Waals surface area contributed by atoms with Crippen LogP contribution in [0.1, 0.15) is 50.0 Å². The maximum atomic E-state index is 5.37. The average Bonchev–Trinajstić information content (AvgIpc) is 2.41. The SMILES string of the molecule is CCOCCc1nc(C)c(CCCNCC(C)C)c(C)n1. The molecule has 0 fully saturated rings. The lowest BCUT2D eigenvalue weighted by atomic mass is 10.1. The summed E-state index contributed by atoms with van der Waals surface area (Å²) in [7, 11) is 0. The molecule has 0 amide bonds. The summed E-state index contributed by atoms with van der Waals surface area (Å²) < 4.78 is 5.37. The Hall–Kier alpha value is -1.00. The Labute approximate surface area is 129 Å². The van der Waals surface area contributed by atoms with Crippen molar-refractivity contribution in [3.8, 4) is 0 Å². The van der Waals surface area contributed by atoms with Crippen molar-refractivity contribution in [2.75, 3.05) is 26.3 Å². The molecule has 0 unspecified atom stereocenters. The zero-order chi connectivity index (χ0) is 15.7. The molecule has 0 aliphatic heterocycles. The molecule has 1 N–H and O–H groups in total. The molecule has 4 nitrogen and oxygen atoms in total. The summed E-state index contributed by atoms with van der Waals surface area (Å²) in [5.74, 6) is 1.61. The quantitative estimate of drug-likeness (QED) is 0.674. The van der Waals surface area contributed by atoms with E-state index in [1.807, 2.05) is 6.92 Å². The van der Waals surface area contributed by atoms with Crippen molar-refractivity contribution in [2.45, 2.75) is 53.9 Å². The summed E-state index contributed by atoms with van der Waals surface area (Å²) in [5.41, 5.74) is 3.55. The predicted molar refractivity (Wildman–Crippen MR) is 87.7 cm³/mol. The first kappa shape index (κ1) is 18.1. The monoisotopic (exact) mass is 293 g/mol. The van der Waals surface area contributed by atoms with Gasteiger partial charge >= 0.3 is 0 Å². The Morgan fingerprint density at radius 2 is 1.76 bits per heavy atom. The first-order valence-corrected chi connectivity index (χ1v) is 8.16. The van der Waals surface area contributed by atoms with Crippen LogP contribution in [-0.4, -0.2) is 36.3 Å². The summed E-state index contributed by atoms with van der Waals surface area (Å²) in [4.78, 5) is 9.24. The minimum atomic E-state index is 0.702. The van der Waals surface area contributed by atoms with Gasteiger partial charge in [-0.05, 0) is 58.2 Å². The van der Waals surface area contributed by atoms with Crippen molar-refractivity contribution < 1.29 is 4.74 Å². The van der Waals surface area contributed by atoms with Crippen LogP contribution in [0.3, 0.4) is 0 Å². The van der Waals surface area contributed by atoms with Crippen molar-refractivity contribution in [1.82, 2.24) is 15.3 Å². The zero-order valence-electron chi connectivity index (χ0n) is 14.3. The lowest BCUT2D eigenvalue weighted by molar-refractivity contribution is 0.149. The molecule has 1 rings (SSSR count). The number of hydrogen-bond donors (Lipinski definition) is 1. The summed E-state index contributed by atoms with van der Waals surface area (Å²) in [6.45, 7) is 14.3. The molecule has 0 bridgehead atoms. The van der Waals surface area contributed by atoms with Gasteiger partial charge in [-0.3, -0.25) is 0 Å². The molecule has 1 aromatic rings. The van der Waals surface area contributed by atoms with Crippen LogP contribution in [0, 0.1) is 19.8 Å². The van der Waals surface area contributed by atoms with E-state index in [4.69, 9.17) is 4.74 Å². The fraction of sp³-hybridized carbons (Fsp3) is 0.765. The highest BCUT2D eigenvalue weighted by molar-refractivity contribution is 5.24. The largest absolute Gasteiger partial charge is 0.381 e. The summed E-state index contributed by atoms with van der Waals surface area (Å²) in [6.07, 6.45) is 2.98. The van der Waals surface area contributed by atoms with Crippen molar-refractivity contribution in [3.05, 3.63) is 22.8 Å². The third kappa shape index (κ3) is 7.00. The molecule has 0 atom stereocenters. The standard InChI is InChI=1S/C17H31N3O/c1-6-21-11-9-17-19-14(4)16(15(5)20-17)8-7-10-18-12-13(2)3/h13,18H,6-12H2,1-5H3. The first-order chi connectivity index (χ1) is 10.0. The van der Waals surface area contributed by atoms with Crippen molar-refractivity contribution >= 4 is 0 Å². The lowest BCUT2D eigenvalue weighted by Gasteiger charge is -2.12. The van der Waals surface area contributed by atoms with Crippen molar-refractivity contribution in [2.24, 2.45) is 5.92 Å². The number of nitrogens with one attached hydrogen (secondary N) is 1. The third-order valence-corrected chi connectivity index (χ3v) is 3.47. The highest BCUT2D eigenvalue weighted by Gasteiger charge is 2.08. The second-order valence-electron chi connectivity index (χ2n) is 5.94. The van der Waals surface area contributed by atoms with Gasteiger partial charge in [0.25, 0.3) is 0 Å². The molecule has 4 heteroatoms. The average molecular weight is 293 g/mol. The van der Waals surface area contributed by atoms with Crippen molar-refractivity contribution in [3.63, 3.8) is 0 Å². The Morgan fingerprint density at radius 3 is 2.33 bits per heavy atom. The third-order valence-electron chi connectivity index (χ3n) is 3.47. The van der Waals surface area contributed by atoms with Gasteiger partial charge in [-0.15, -0.1) is 0 Å². The highest BCUT2D eigenvalue weighted by Crippen LogP contribution is 2.13. The fourth-order valence-corrected chi connectivity index (χ4v) is 2.37. The molecule has 21 heavy (non-hydrogen) atoms. The molecule has 1 heterocycles. The number of hydrogen-bond acceptors (Lipinski definition) is 4. The van der Waals surface area contributed by atoms with Crippen LogP contribution in [0.2, 0.25) is 0 Å². The molecular weight excluding hydrogens is 262 g/mol. The van der Waals surface area contributed by atoms with Gasteiger partial charge in [0.2, 0.25) is 0 Å². The minimum Gasteiger partial charge on any atom is -0.381 e. The maximum absolute atomic E-state index is 5.37. The topological polar surface area (TPSA) is 47.0 Å². The van der Waals surface area contributed by atoms with E-state index in [9.17, 15) is 0 Å². The van der Waals surface area contributed by atoms with E-state index in [1.54, 1.807) is 0 Å². The number of nitrogens with zero attached hydrogens (tertiary/aromatic N) is 2. The van der Waals surface area contributed by atoms with Gasteiger partial charge in [0.05, 0.1) is 6.61 Å². The summed E-state index contributed by atoms with van der Waals surface area (Å²) in [6, 6.07) is 0. The molecule has 0 radical (unpaired) electrons. The van der Waals surface area contributed by atoms with E-state index in [0.29, 0.717) is 12.5 Å². The zero-order valence-corrected chi connectivity index (χ0v) is 14.3. The van der Waals surface area contributed by atoms with E-state index in [0.717, 1.165) is 56.2 Å². The molecule has 0 saturated heterocycles. The number of rotatable bonds is 10. The molecule has 0 spiro atoms. The van der Waals surface area contributed by atoms with Gasteiger partial charge in [0.15, 0.2) is 0 Å². The molecule has 0 aliphatic rings. The van der Waals surface area contributed by atoms with Crippen LogP contribution in [0.5, 0.6) is 0 Å². The Bertz CT molecular complexity index is 395. The molecule has 0 aromatic carbocycles. The van der Waals surface area contributed by atoms with E-state index in [-0.39, 0.29) is 0 Å². The fourth-order valence-electron chi connectivity index (χ4n) is 2.37. The Morgan fingerprint density at radius 1 is 1.10 bits per heavy atom. The smallest absolute Gasteiger partial charge is 0.131 e. The normalized spacial score (nSPS) is 11.3. The number of aryl methyl sites for hydroxylation is 2. The minimum absolute atomic E-state index is 0.702. The highest BCUT2D eigenvalue weighted by atomic mass is 16.5. The van der Waals surface area contributed by atoms with Crippen LogP contribution in [0.25, 0.3) is 0 Å². The van der Waals surface area contributed by atoms with Crippen LogP contribution in [-0.2, 0) is 17.6 Å². The number of ether oxygens (including phenoxy) is 1. The van der Waals surface area contributed by atoms with Crippen LogP contribution in [0.4, 0.5) is 0 Å². The van der Waals surface area contributed by atoms with E-state index in [1.165, 1.54) is 5.56 Å². The Kier molecular flexibility index (Phi) is 8.47. The summed E-state index contributed by atoms with van der Waals surface area (Å²) in [5, 5.41) is 3.48. The number of aromatic nitrogens is 2. The van der Waals surface area contributed by atoms with Crippen LogP contribution < -0.4 is 5.32 Å². The van der Waals surface area contributed by atoms with E-state index < -0.39 is 0 Å². The maximum Gasteiger partial charge on any atom is 0.131 e. The van der Waals surface area contributed by atoms with Gasteiger partial charge in [-0.2, -0.15) is 0 Å². The van der Waals surface area contributed by atoms with Crippen LogP contribution in [0.15, 0.2) is 0 Å². The van der Waals surface area contributed by atoms with Gasteiger partial charge in [-0.1, -0.05) is 13.8 Å². The predicted octanol–water partition coefficient (Wildman–Crippen LogP) is 2.85. The molecule has 1 aromatic heterocycles. The molecule has 120 valence electrons. The lowest BCUT2D eigenvalue weighted by Crippen LogP contribution is -2.21. The van der Waals surface area contributed by atoms with E-state index in [2.05, 4.69) is 43.0 Å². The molecule has 0 saturated carbocycles.